The first-order valence-electron chi connectivity index (χ1n) is 6.06. The molecule has 0 radical (unpaired) electrons. The third-order valence-electron chi connectivity index (χ3n) is 2.73. The van der Waals surface area contributed by atoms with Crippen LogP contribution in [0.3, 0.4) is 0 Å². The summed E-state index contributed by atoms with van der Waals surface area (Å²) in [6.45, 7) is 4.74. The maximum Gasteiger partial charge on any atom is 0.243 e. The zero-order valence-corrected chi connectivity index (χ0v) is 11.1. The lowest BCUT2D eigenvalue weighted by Gasteiger charge is -2.05. The zero-order chi connectivity index (χ0) is 13.8. The fourth-order valence-corrected chi connectivity index (χ4v) is 1.72. The highest BCUT2D eigenvalue weighted by Gasteiger charge is 2.15. The van der Waals surface area contributed by atoms with Crippen LogP contribution < -0.4 is 10.1 Å². The first-order chi connectivity index (χ1) is 9.15. The van der Waals surface area contributed by atoms with E-state index in [0.717, 1.165) is 6.54 Å². The molecule has 0 amide bonds. The lowest BCUT2D eigenvalue weighted by atomic mass is 10.2. The molecule has 0 aliphatic carbocycles. The van der Waals surface area contributed by atoms with Crippen LogP contribution in [0.25, 0.3) is 11.4 Å². The van der Waals surface area contributed by atoms with Gasteiger partial charge in [0.25, 0.3) is 0 Å². The Morgan fingerprint density at radius 1 is 1.47 bits per heavy atom. The predicted molar refractivity (Wildman–Crippen MR) is 68.3 cm³/mol. The molecule has 1 aromatic heterocycles. The van der Waals surface area contributed by atoms with E-state index in [0.29, 0.717) is 17.3 Å². The number of hydrogen-bond acceptors (Lipinski definition) is 5. The molecule has 1 atom stereocenters. The second-order valence-corrected chi connectivity index (χ2v) is 4.08. The van der Waals surface area contributed by atoms with Gasteiger partial charge in [-0.2, -0.15) is 4.98 Å². The van der Waals surface area contributed by atoms with Crippen LogP contribution >= 0.6 is 0 Å². The summed E-state index contributed by atoms with van der Waals surface area (Å²) < 4.78 is 23.4. The van der Waals surface area contributed by atoms with Crippen LogP contribution in [0, 0.1) is 5.82 Å². The summed E-state index contributed by atoms with van der Waals surface area (Å²) in [7, 11) is 1.41. The van der Waals surface area contributed by atoms with Crippen molar-refractivity contribution in [3.63, 3.8) is 0 Å². The summed E-state index contributed by atoms with van der Waals surface area (Å²) in [5, 5.41) is 7.07. The van der Waals surface area contributed by atoms with Crippen molar-refractivity contribution in [2.24, 2.45) is 0 Å². The summed E-state index contributed by atoms with van der Waals surface area (Å²) in [6.07, 6.45) is 0. The number of ether oxygens (including phenoxy) is 1. The Morgan fingerprint density at radius 3 is 2.95 bits per heavy atom. The molecule has 0 aliphatic rings. The van der Waals surface area contributed by atoms with Crippen LogP contribution in [-0.2, 0) is 0 Å². The Labute approximate surface area is 110 Å². The number of aromatic nitrogens is 2. The Bertz CT molecular complexity index is 557. The topological polar surface area (TPSA) is 60.2 Å². The van der Waals surface area contributed by atoms with Gasteiger partial charge in [0.15, 0.2) is 11.6 Å². The molecule has 2 rings (SSSR count). The van der Waals surface area contributed by atoms with E-state index in [-0.39, 0.29) is 11.8 Å². The van der Waals surface area contributed by atoms with E-state index in [2.05, 4.69) is 15.5 Å². The molecule has 0 fully saturated rings. The van der Waals surface area contributed by atoms with Crippen LogP contribution in [0.5, 0.6) is 5.75 Å². The Hall–Kier alpha value is -1.95. The van der Waals surface area contributed by atoms with Crippen molar-refractivity contribution in [2.45, 2.75) is 19.9 Å². The third kappa shape index (κ3) is 2.90. The van der Waals surface area contributed by atoms with Crippen molar-refractivity contribution >= 4 is 0 Å². The van der Waals surface area contributed by atoms with Crippen LogP contribution in [0.1, 0.15) is 25.8 Å². The van der Waals surface area contributed by atoms with E-state index < -0.39 is 5.82 Å². The molecule has 102 valence electrons. The van der Waals surface area contributed by atoms with Crippen molar-refractivity contribution in [1.29, 1.82) is 0 Å². The summed E-state index contributed by atoms with van der Waals surface area (Å²) >= 11 is 0. The number of nitrogens with one attached hydrogen (secondary N) is 1. The van der Waals surface area contributed by atoms with Gasteiger partial charge >= 0.3 is 0 Å². The minimum absolute atomic E-state index is 0.0198. The molecule has 1 heterocycles. The molecule has 19 heavy (non-hydrogen) atoms. The van der Waals surface area contributed by atoms with Crippen molar-refractivity contribution in [3.8, 4) is 17.1 Å². The molecule has 1 unspecified atom stereocenters. The maximum absolute atomic E-state index is 13.3. The molecule has 0 saturated carbocycles. The molecule has 0 bridgehead atoms. The molecule has 2 aromatic rings. The van der Waals surface area contributed by atoms with E-state index >= 15 is 0 Å². The number of halogens is 1. The lowest BCUT2D eigenvalue weighted by molar-refractivity contribution is 0.342. The Kier molecular flexibility index (Phi) is 4.11. The van der Waals surface area contributed by atoms with Crippen molar-refractivity contribution in [3.05, 3.63) is 29.9 Å². The number of rotatable bonds is 5. The minimum atomic E-state index is -0.420. The van der Waals surface area contributed by atoms with Gasteiger partial charge in [-0.05, 0) is 31.7 Å². The summed E-state index contributed by atoms with van der Waals surface area (Å²) in [4.78, 5) is 4.29. The van der Waals surface area contributed by atoms with Gasteiger partial charge in [-0.1, -0.05) is 12.1 Å². The van der Waals surface area contributed by atoms with Crippen molar-refractivity contribution in [2.75, 3.05) is 13.7 Å². The highest BCUT2D eigenvalue weighted by molar-refractivity contribution is 5.57. The van der Waals surface area contributed by atoms with Crippen LogP contribution in [0.4, 0.5) is 4.39 Å². The fraction of sp³-hybridized carbons (Fsp3) is 0.385. The SMILES string of the molecule is CCNC(C)c1nc(-c2ccc(F)c(OC)c2)no1. The van der Waals surface area contributed by atoms with E-state index in [1.165, 1.54) is 13.2 Å². The number of benzene rings is 1. The Balaban J connectivity index is 2.27. The second kappa shape index (κ2) is 5.79. The van der Waals surface area contributed by atoms with Crippen LogP contribution in [0.15, 0.2) is 22.7 Å². The first-order valence-corrected chi connectivity index (χ1v) is 6.06. The van der Waals surface area contributed by atoms with E-state index in [1.807, 2.05) is 13.8 Å². The second-order valence-electron chi connectivity index (χ2n) is 4.08. The quantitative estimate of drug-likeness (QED) is 0.900. The van der Waals surface area contributed by atoms with Crippen LogP contribution in [0.2, 0.25) is 0 Å². The van der Waals surface area contributed by atoms with Gasteiger partial charge in [0, 0.05) is 5.56 Å². The zero-order valence-electron chi connectivity index (χ0n) is 11.1. The highest BCUT2D eigenvalue weighted by atomic mass is 19.1. The fourth-order valence-electron chi connectivity index (χ4n) is 1.72. The standard InChI is InChI=1S/C13H16FN3O2/c1-4-15-8(2)13-16-12(17-19-13)9-5-6-10(14)11(7-9)18-3/h5-8,15H,4H2,1-3H3. The monoisotopic (exact) mass is 265 g/mol. The summed E-state index contributed by atoms with van der Waals surface area (Å²) in [6, 6.07) is 4.43. The molecule has 1 N–H and O–H groups in total. The van der Waals surface area contributed by atoms with Gasteiger partial charge < -0.3 is 14.6 Å². The van der Waals surface area contributed by atoms with Gasteiger partial charge in [-0.15, -0.1) is 0 Å². The van der Waals surface area contributed by atoms with Crippen molar-refractivity contribution < 1.29 is 13.7 Å². The molecule has 6 heteroatoms. The van der Waals surface area contributed by atoms with Crippen molar-refractivity contribution in [1.82, 2.24) is 15.5 Å². The summed E-state index contributed by atoms with van der Waals surface area (Å²) in [5.74, 6) is 0.651. The van der Waals surface area contributed by atoms with Gasteiger partial charge in [-0.3, -0.25) is 0 Å². The molecule has 1 aromatic carbocycles. The highest BCUT2D eigenvalue weighted by Crippen LogP contribution is 2.25. The van der Waals surface area contributed by atoms with E-state index in [4.69, 9.17) is 9.26 Å². The molecular weight excluding hydrogens is 249 g/mol. The third-order valence-corrected chi connectivity index (χ3v) is 2.73. The average Bonchev–Trinajstić information content (AvgIpc) is 2.89. The van der Waals surface area contributed by atoms with Gasteiger partial charge in [0.1, 0.15) is 0 Å². The van der Waals surface area contributed by atoms with Gasteiger partial charge in [0.2, 0.25) is 11.7 Å². The van der Waals surface area contributed by atoms with Gasteiger partial charge in [-0.25, -0.2) is 4.39 Å². The molecular formula is C13H16FN3O2. The molecule has 0 aliphatic heterocycles. The largest absolute Gasteiger partial charge is 0.494 e. The number of hydrogen-bond donors (Lipinski definition) is 1. The minimum Gasteiger partial charge on any atom is -0.494 e. The Morgan fingerprint density at radius 2 is 2.26 bits per heavy atom. The lowest BCUT2D eigenvalue weighted by Crippen LogP contribution is -2.17. The summed E-state index contributed by atoms with van der Waals surface area (Å²) in [5.41, 5.74) is 0.650. The number of nitrogens with zero attached hydrogens (tertiary/aromatic N) is 2. The van der Waals surface area contributed by atoms with Crippen LogP contribution in [-0.4, -0.2) is 23.8 Å². The maximum atomic E-state index is 13.3. The first kappa shape index (κ1) is 13.5. The number of methoxy groups -OCH3 is 1. The smallest absolute Gasteiger partial charge is 0.243 e. The average molecular weight is 265 g/mol. The molecule has 0 saturated heterocycles. The normalized spacial score (nSPS) is 12.4. The predicted octanol–water partition coefficient (Wildman–Crippen LogP) is 2.55. The van der Waals surface area contributed by atoms with E-state index in [9.17, 15) is 4.39 Å². The molecule has 0 spiro atoms. The molecule has 5 nitrogen and oxygen atoms in total. The van der Waals surface area contributed by atoms with Gasteiger partial charge in [0.05, 0.1) is 13.2 Å². The van der Waals surface area contributed by atoms with E-state index in [1.54, 1.807) is 12.1 Å².